The predicted octanol–water partition coefficient (Wildman–Crippen LogP) is 0.0189. The molecule has 0 aromatic rings. The molecule has 2 atom stereocenters. The van der Waals surface area contributed by atoms with Gasteiger partial charge < -0.3 is 15.8 Å². The van der Waals surface area contributed by atoms with Crippen LogP contribution in [0.1, 0.15) is 25.7 Å². The summed E-state index contributed by atoms with van der Waals surface area (Å²) in [5.74, 6) is 0.648. The molecule has 80 valence electrons. The van der Waals surface area contributed by atoms with E-state index in [-0.39, 0.29) is 18.1 Å². The van der Waals surface area contributed by atoms with Gasteiger partial charge in [0.2, 0.25) is 5.91 Å². The molecule has 0 aromatic carbocycles. The first-order chi connectivity index (χ1) is 6.81. The van der Waals surface area contributed by atoms with Crippen LogP contribution in [0.5, 0.6) is 0 Å². The number of carbonyl (C=O) groups is 1. The van der Waals surface area contributed by atoms with Crippen molar-refractivity contribution in [2.24, 2.45) is 11.7 Å². The zero-order valence-corrected chi connectivity index (χ0v) is 8.37. The van der Waals surface area contributed by atoms with E-state index in [0.717, 1.165) is 19.4 Å². The Kier molecular flexibility index (Phi) is 3.03. The Bertz CT molecular complexity index is 210. The van der Waals surface area contributed by atoms with E-state index in [1.54, 1.807) is 0 Å². The maximum Gasteiger partial charge on any atom is 0.249 e. The van der Waals surface area contributed by atoms with Crippen molar-refractivity contribution in [3.05, 3.63) is 0 Å². The second-order valence-corrected chi connectivity index (χ2v) is 4.19. The number of hydrogen-bond acceptors (Lipinski definition) is 3. The summed E-state index contributed by atoms with van der Waals surface area (Å²) in [5.41, 5.74) is 5.61. The average molecular weight is 198 g/mol. The van der Waals surface area contributed by atoms with Crippen molar-refractivity contribution >= 4 is 5.91 Å². The third-order valence-corrected chi connectivity index (χ3v) is 2.99. The van der Waals surface area contributed by atoms with Gasteiger partial charge >= 0.3 is 0 Å². The first kappa shape index (κ1) is 9.93. The van der Waals surface area contributed by atoms with Crippen molar-refractivity contribution in [1.29, 1.82) is 0 Å². The number of nitrogens with one attached hydrogen (secondary N) is 1. The molecule has 14 heavy (non-hydrogen) atoms. The largest absolute Gasteiger partial charge is 0.368 e. The molecule has 1 amide bonds. The molecule has 1 saturated heterocycles. The Morgan fingerprint density at radius 3 is 2.79 bits per heavy atom. The van der Waals surface area contributed by atoms with Crippen LogP contribution in [-0.4, -0.2) is 31.2 Å². The van der Waals surface area contributed by atoms with Crippen LogP contribution in [0.3, 0.4) is 0 Å². The summed E-state index contributed by atoms with van der Waals surface area (Å²) in [6.07, 6.45) is 4.03. The summed E-state index contributed by atoms with van der Waals surface area (Å²) >= 11 is 0. The van der Waals surface area contributed by atoms with Gasteiger partial charge in [0.05, 0.1) is 0 Å². The van der Waals surface area contributed by atoms with Crippen molar-refractivity contribution < 1.29 is 9.53 Å². The zero-order valence-electron chi connectivity index (χ0n) is 8.37. The normalized spacial score (nSPS) is 28.8. The summed E-state index contributed by atoms with van der Waals surface area (Å²) in [6, 6.07) is 0.173. The van der Waals surface area contributed by atoms with Crippen molar-refractivity contribution in [3.8, 4) is 0 Å². The highest BCUT2D eigenvalue weighted by molar-refractivity contribution is 5.81. The summed E-state index contributed by atoms with van der Waals surface area (Å²) in [4.78, 5) is 11.7. The quantitative estimate of drug-likeness (QED) is 0.669. The van der Waals surface area contributed by atoms with Crippen molar-refractivity contribution in [3.63, 3.8) is 0 Å². The fourth-order valence-corrected chi connectivity index (χ4v) is 1.93. The molecular weight excluding hydrogens is 180 g/mol. The van der Waals surface area contributed by atoms with Crippen molar-refractivity contribution in [2.45, 2.75) is 37.8 Å². The van der Waals surface area contributed by atoms with E-state index in [9.17, 15) is 4.79 Å². The zero-order chi connectivity index (χ0) is 9.97. The summed E-state index contributed by atoms with van der Waals surface area (Å²) < 4.78 is 5.31. The molecule has 1 aliphatic heterocycles. The highest BCUT2D eigenvalue weighted by Gasteiger charge is 2.33. The molecule has 2 aliphatic rings. The summed E-state index contributed by atoms with van der Waals surface area (Å²) in [5, 5.41) is 2.98. The fourth-order valence-electron chi connectivity index (χ4n) is 1.93. The van der Waals surface area contributed by atoms with Crippen molar-refractivity contribution in [1.82, 2.24) is 5.32 Å². The third-order valence-electron chi connectivity index (χ3n) is 2.99. The maximum atomic E-state index is 11.7. The van der Waals surface area contributed by atoms with E-state index in [4.69, 9.17) is 10.5 Å². The van der Waals surface area contributed by atoms with Gasteiger partial charge in [0.15, 0.2) is 0 Å². The number of carbonyl (C=O) groups excluding carboxylic acids is 1. The lowest BCUT2D eigenvalue weighted by Gasteiger charge is -2.18. The Morgan fingerprint density at radius 2 is 2.29 bits per heavy atom. The van der Waals surface area contributed by atoms with Crippen LogP contribution >= 0.6 is 0 Å². The molecule has 1 unspecified atom stereocenters. The second-order valence-electron chi connectivity index (χ2n) is 4.19. The van der Waals surface area contributed by atoms with Crippen LogP contribution in [0.15, 0.2) is 0 Å². The molecule has 3 N–H and O–H groups in total. The van der Waals surface area contributed by atoms with Gasteiger partial charge in [0.25, 0.3) is 0 Å². The van der Waals surface area contributed by atoms with Gasteiger partial charge in [-0.1, -0.05) is 0 Å². The smallest absolute Gasteiger partial charge is 0.249 e. The van der Waals surface area contributed by atoms with Crippen molar-refractivity contribution in [2.75, 3.05) is 13.2 Å². The lowest BCUT2D eigenvalue weighted by molar-refractivity contribution is -0.130. The van der Waals surface area contributed by atoms with E-state index in [2.05, 4.69) is 5.32 Å². The number of rotatable bonds is 4. The Morgan fingerprint density at radius 1 is 1.50 bits per heavy atom. The van der Waals surface area contributed by atoms with Crippen LogP contribution in [-0.2, 0) is 9.53 Å². The fraction of sp³-hybridized carbons (Fsp3) is 0.900. The van der Waals surface area contributed by atoms with Gasteiger partial charge in [-0.05, 0) is 31.6 Å². The molecule has 1 heterocycles. The topological polar surface area (TPSA) is 64.3 Å². The van der Waals surface area contributed by atoms with Crippen LogP contribution in [0.4, 0.5) is 0 Å². The number of hydrogen-bond donors (Lipinski definition) is 2. The first-order valence-electron chi connectivity index (χ1n) is 5.43. The Hall–Kier alpha value is -0.610. The number of nitrogens with two attached hydrogens (primary N) is 1. The number of amides is 1. The lowest BCUT2D eigenvalue weighted by Crippen LogP contribution is -2.46. The first-order valence-corrected chi connectivity index (χ1v) is 5.43. The van der Waals surface area contributed by atoms with Gasteiger partial charge in [-0.2, -0.15) is 0 Å². The molecule has 0 radical (unpaired) electrons. The van der Waals surface area contributed by atoms with Gasteiger partial charge in [-0.15, -0.1) is 0 Å². The molecule has 4 heteroatoms. The molecule has 0 spiro atoms. The van der Waals surface area contributed by atoms with E-state index in [1.807, 2.05) is 0 Å². The Balaban J connectivity index is 1.79. The van der Waals surface area contributed by atoms with E-state index >= 15 is 0 Å². The standard InChI is InChI=1S/C10H18N2O2/c11-6-8(7-3-4-7)12-10(13)9-2-1-5-14-9/h7-9H,1-6,11H2,(H,12,13)/t8?,9-/m1/s1. The molecule has 2 fully saturated rings. The van der Waals surface area contributed by atoms with Crippen LogP contribution in [0, 0.1) is 5.92 Å². The van der Waals surface area contributed by atoms with Gasteiger partial charge in [0, 0.05) is 19.2 Å². The molecule has 2 rings (SSSR count). The minimum absolute atomic E-state index is 0.0323. The summed E-state index contributed by atoms with van der Waals surface area (Å²) in [6.45, 7) is 1.26. The average Bonchev–Trinajstić information content (AvgIpc) is 2.88. The monoisotopic (exact) mass is 198 g/mol. The maximum absolute atomic E-state index is 11.7. The van der Waals surface area contributed by atoms with Crippen LogP contribution < -0.4 is 11.1 Å². The molecule has 0 aromatic heterocycles. The highest BCUT2D eigenvalue weighted by Crippen LogP contribution is 2.32. The SMILES string of the molecule is NCC(NC(=O)[C@H]1CCCO1)C1CC1. The summed E-state index contributed by atoms with van der Waals surface area (Å²) in [7, 11) is 0. The number of ether oxygens (including phenoxy) is 1. The third kappa shape index (κ3) is 2.25. The molecule has 1 saturated carbocycles. The minimum atomic E-state index is -0.220. The molecule has 0 bridgehead atoms. The van der Waals surface area contributed by atoms with Crippen LogP contribution in [0.2, 0.25) is 0 Å². The van der Waals surface area contributed by atoms with Crippen LogP contribution in [0.25, 0.3) is 0 Å². The molecule has 4 nitrogen and oxygen atoms in total. The van der Waals surface area contributed by atoms with Gasteiger partial charge in [-0.3, -0.25) is 4.79 Å². The van der Waals surface area contributed by atoms with Gasteiger partial charge in [0.1, 0.15) is 6.10 Å². The predicted molar refractivity (Wildman–Crippen MR) is 52.7 cm³/mol. The lowest BCUT2D eigenvalue weighted by atomic mass is 10.1. The van der Waals surface area contributed by atoms with E-state index in [1.165, 1.54) is 12.8 Å². The second kappa shape index (κ2) is 4.28. The van der Waals surface area contributed by atoms with E-state index in [0.29, 0.717) is 12.5 Å². The minimum Gasteiger partial charge on any atom is -0.368 e. The van der Waals surface area contributed by atoms with E-state index < -0.39 is 0 Å². The molecule has 1 aliphatic carbocycles. The molecular formula is C10H18N2O2. The van der Waals surface area contributed by atoms with Gasteiger partial charge in [-0.25, -0.2) is 0 Å². The highest BCUT2D eigenvalue weighted by atomic mass is 16.5. The Labute approximate surface area is 84.2 Å².